The molecule has 0 aliphatic rings. The van der Waals surface area contributed by atoms with E-state index in [1.54, 1.807) is 24.3 Å². The van der Waals surface area contributed by atoms with Gasteiger partial charge in [-0.3, -0.25) is 0 Å². The van der Waals surface area contributed by atoms with Gasteiger partial charge in [-0.15, -0.1) is 4.91 Å². The Balaban J connectivity index is 2.98. The lowest BCUT2D eigenvalue weighted by Gasteiger charge is -1.93. The molecule has 10 heavy (non-hydrogen) atoms. The lowest BCUT2D eigenvalue weighted by molar-refractivity contribution is 0.282. The van der Waals surface area contributed by atoms with E-state index < -0.39 is 0 Å². The summed E-state index contributed by atoms with van der Waals surface area (Å²) in [6.45, 7) is -0.0522. The maximum Gasteiger partial charge on any atom is 0.108 e. The Hall–Kier alpha value is -1.22. The summed E-state index contributed by atoms with van der Waals surface area (Å²) in [5.74, 6) is 0. The Morgan fingerprint density at radius 2 is 2.30 bits per heavy atom. The lowest BCUT2D eigenvalue weighted by atomic mass is 10.2. The van der Waals surface area contributed by atoms with Crippen molar-refractivity contribution in [2.45, 2.75) is 6.61 Å². The molecule has 0 amide bonds. The Kier molecular flexibility index (Phi) is 2.12. The van der Waals surface area contributed by atoms with Crippen LogP contribution in [0.2, 0.25) is 0 Å². The largest absolute Gasteiger partial charge is 0.392 e. The molecular formula is C7H7NO2. The van der Waals surface area contributed by atoms with Crippen molar-refractivity contribution in [3.8, 4) is 0 Å². The topological polar surface area (TPSA) is 49.7 Å². The van der Waals surface area contributed by atoms with Crippen molar-refractivity contribution >= 4 is 5.69 Å². The summed E-state index contributed by atoms with van der Waals surface area (Å²) in [5.41, 5.74) is 1.06. The fourth-order valence-electron chi connectivity index (χ4n) is 0.712. The van der Waals surface area contributed by atoms with Crippen molar-refractivity contribution in [1.82, 2.24) is 0 Å². The molecule has 0 radical (unpaired) electrons. The van der Waals surface area contributed by atoms with E-state index in [1.807, 2.05) is 0 Å². The molecule has 0 aliphatic carbocycles. The molecule has 0 unspecified atom stereocenters. The number of nitrogens with zero attached hydrogens (tertiary/aromatic N) is 1. The molecule has 0 spiro atoms. The number of nitroso groups, excluding NO2 is 1. The van der Waals surface area contributed by atoms with E-state index >= 15 is 0 Å². The second kappa shape index (κ2) is 3.08. The van der Waals surface area contributed by atoms with Gasteiger partial charge < -0.3 is 5.11 Å². The van der Waals surface area contributed by atoms with Crippen LogP contribution in [0.3, 0.4) is 0 Å². The summed E-state index contributed by atoms with van der Waals surface area (Å²) >= 11 is 0. The summed E-state index contributed by atoms with van der Waals surface area (Å²) in [6, 6.07) is 6.55. The van der Waals surface area contributed by atoms with Crippen LogP contribution >= 0.6 is 0 Å². The molecule has 0 saturated heterocycles. The SMILES string of the molecule is O=Nc1cccc(CO)c1. The van der Waals surface area contributed by atoms with Gasteiger partial charge >= 0.3 is 0 Å². The highest BCUT2D eigenvalue weighted by Gasteiger charge is 1.91. The van der Waals surface area contributed by atoms with E-state index in [1.165, 1.54) is 0 Å². The molecule has 0 saturated carbocycles. The van der Waals surface area contributed by atoms with Crippen molar-refractivity contribution < 1.29 is 5.11 Å². The maximum absolute atomic E-state index is 9.94. The number of aliphatic hydroxyl groups excluding tert-OH is 1. The second-order valence-electron chi connectivity index (χ2n) is 1.92. The number of aliphatic hydroxyl groups is 1. The monoisotopic (exact) mass is 137 g/mol. The first-order chi connectivity index (χ1) is 4.86. The summed E-state index contributed by atoms with van der Waals surface area (Å²) in [6.07, 6.45) is 0. The van der Waals surface area contributed by atoms with Gasteiger partial charge in [0.15, 0.2) is 0 Å². The highest BCUT2D eigenvalue weighted by molar-refractivity contribution is 5.39. The van der Waals surface area contributed by atoms with Gasteiger partial charge in [-0.2, -0.15) is 0 Å². The normalized spacial score (nSPS) is 9.30. The zero-order valence-electron chi connectivity index (χ0n) is 5.32. The van der Waals surface area contributed by atoms with E-state index in [0.29, 0.717) is 11.3 Å². The minimum Gasteiger partial charge on any atom is -0.392 e. The van der Waals surface area contributed by atoms with Crippen molar-refractivity contribution in [2.75, 3.05) is 0 Å². The molecule has 0 aliphatic heterocycles. The Labute approximate surface area is 58.3 Å². The van der Waals surface area contributed by atoms with Gasteiger partial charge in [-0.25, -0.2) is 0 Å². The maximum atomic E-state index is 9.94. The molecule has 52 valence electrons. The van der Waals surface area contributed by atoms with E-state index in [4.69, 9.17) is 5.11 Å². The molecule has 0 atom stereocenters. The number of hydrogen-bond acceptors (Lipinski definition) is 3. The third kappa shape index (κ3) is 1.39. The van der Waals surface area contributed by atoms with Crippen molar-refractivity contribution in [3.05, 3.63) is 34.7 Å². The van der Waals surface area contributed by atoms with Gasteiger partial charge in [0.05, 0.1) is 6.61 Å². The van der Waals surface area contributed by atoms with Crippen molar-refractivity contribution in [2.24, 2.45) is 5.18 Å². The molecule has 0 heterocycles. The molecule has 0 bridgehead atoms. The van der Waals surface area contributed by atoms with Crippen LogP contribution in [0.4, 0.5) is 5.69 Å². The molecule has 1 N–H and O–H groups in total. The average molecular weight is 137 g/mol. The Morgan fingerprint density at radius 3 is 2.90 bits per heavy atom. The summed E-state index contributed by atoms with van der Waals surface area (Å²) < 4.78 is 0. The second-order valence-corrected chi connectivity index (χ2v) is 1.92. The van der Waals surface area contributed by atoms with Crippen LogP contribution < -0.4 is 0 Å². The van der Waals surface area contributed by atoms with Crippen LogP contribution in [0.1, 0.15) is 5.56 Å². The molecular weight excluding hydrogens is 130 g/mol. The van der Waals surface area contributed by atoms with Crippen LogP contribution in [-0.4, -0.2) is 5.11 Å². The highest BCUT2D eigenvalue weighted by Crippen LogP contribution is 2.12. The lowest BCUT2D eigenvalue weighted by Crippen LogP contribution is -1.79. The van der Waals surface area contributed by atoms with Gasteiger partial charge in [0.1, 0.15) is 5.69 Å². The minimum atomic E-state index is -0.0522. The van der Waals surface area contributed by atoms with Crippen LogP contribution in [0, 0.1) is 4.91 Å². The first-order valence-corrected chi connectivity index (χ1v) is 2.90. The Bertz CT molecular complexity index is 235. The summed E-state index contributed by atoms with van der Waals surface area (Å²) in [7, 11) is 0. The third-order valence-corrected chi connectivity index (χ3v) is 1.20. The summed E-state index contributed by atoms with van der Waals surface area (Å²) in [4.78, 5) is 9.94. The standard InChI is InChI=1S/C7H7NO2/c9-5-6-2-1-3-7(4-6)8-10/h1-4,9H,5H2. The number of rotatable bonds is 2. The third-order valence-electron chi connectivity index (χ3n) is 1.20. The van der Waals surface area contributed by atoms with Crippen LogP contribution in [-0.2, 0) is 6.61 Å². The number of hydrogen-bond donors (Lipinski definition) is 1. The molecule has 3 heteroatoms. The molecule has 3 nitrogen and oxygen atoms in total. The summed E-state index contributed by atoms with van der Waals surface area (Å²) in [5, 5.41) is 11.3. The van der Waals surface area contributed by atoms with Crippen molar-refractivity contribution in [1.29, 1.82) is 0 Å². The molecule has 1 aromatic carbocycles. The van der Waals surface area contributed by atoms with E-state index in [9.17, 15) is 4.91 Å². The smallest absolute Gasteiger partial charge is 0.108 e. The molecule has 0 fully saturated rings. The zero-order valence-corrected chi connectivity index (χ0v) is 5.32. The fraction of sp³-hybridized carbons (Fsp3) is 0.143. The predicted molar refractivity (Wildman–Crippen MR) is 37.8 cm³/mol. The van der Waals surface area contributed by atoms with Gasteiger partial charge in [0.2, 0.25) is 0 Å². The fourth-order valence-corrected chi connectivity index (χ4v) is 0.712. The van der Waals surface area contributed by atoms with Crippen LogP contribution in [0.25, 0.3) is 0 Å². The first-order valence-electron chi connectivity index (χ1n) is 2.90. The van der Waals surface area contributed by atoms with E-state index in [-0.39, 0.29) is 6.61 Å². The van der Waals surface area contributed by atoms with E-state index in [0.717, 1.165) is 0 Å². The molecule has 1 rings (SSSR count). The number of benzene rings is 1. The van der Waals surface area contributed by atoms with Gasteiger partial charge in [-0.05, 0) is 22.9 Å². The average Bonchev–Trinajstić information content (AvgIpc) is 2.05. The molecule has 0 aromatic heterocycles. The highest BCUT2D eigenvalue weighted by atomic mass is 16.3. The predicted octanol–water partition coefficient (Wildman–Crippen LogP) is 1.58. The van der Waals surface area contributed by atoms with Gasteiger partial charge in [-0.1, -0.05) is 12.1 Å². The van der Waals surface area contributed by atoms with Crippen molar-refractivity contribution in [3.63, 3.8) is 0 Å². The van der Waals surface area contributed by atoms with Crippen LogP contribution in [0.15, 0.2) is 29.4 Å². The van der Waals surface area contributed by atoms with Gasteiger partial charge in [0, 0.05) is 0 Å². The van der Waals surface area contributed by atoms with Gasteiger partial charge in [0.25, 0.3) is 0 Å². The quantitative estimate of drug-likeness (QED) is 0.629. The zero-order chi connectivity index (χ0) is 7.40. The Morgan fingerprint density at radius 1 is 1.50 bits per heavy atom. The minimum absolute atomic E-state index is 0.0522. The van der Waals surface area contributed by atoms with E-state index in [2.05, 4.69) is 5.18 Å². The first kappa shape index (κ1) is 6.89. The molecule has 1 aromatic rings. The van der Waals surface area contributed by atoms with Crippen LogP contribution in [0.5, 0.6) is 0 Å².